The molecule has 0 fully saturated rings. The molecule has 0 aliphatic heterocycles. The van der Waals surface area contributed by atoms with Gasteiger partial charge in [0.15, 0.2) is 0 Å². The number of thiophene rings is 1. The van der Waals surface area contributed by atoms with E-state index in [0.29, 0.717) is 0 Å². The normalized spacial score (nSPS) is 12.4. The zero-order chi connectivity index (χ0) is 13.0. The van der Waals surface area contributed by atoms with Crippen LogP contribution in [-0.2, 0) is 0 Å². The summed E-state index contributed by atoms with van der Waals surface area (Å²) in [6.45, 7) is 4.33. The summed E-state index contributed by atoms with van der Waals surface area (Å²) >= 11 is 9.41. The largest absolute Gasteiger partial charge is 0.378 e. The molecule has 18 heavy (non-hydrogen) atoms. The molecule has 1 nitrogen and oxygen atoms in total. The van der Waals surface area contributed by atoms with E-state index in [4.69, 9.17) is 11.6 Å². The second-order valence-electron chi connectivity index (χ2n) is 3.98. The monoisotopic (exact) mass is 297 g/mol. The molecule has 1 atom stereocenters. The molecule has 4 heteroatoms. The predicted molar refractivity (Wildman–Crippen MR) is 84.2 cm³/mol. The Hall–Kier alpha value is -0.640. The van der Waals surface area contributed by atoms with Crippen molar-refractivity contribution < 1.29 is 0 Å². The second-order valence-corrected chi connectivity index (χ2v) is 6.83. The molecule has 1 unspecified atom stereocenters. The van der Waals surface area contributed by atoms with Crippen molar-refractivity contribution in [2.24, 2.45) is 0 Å². The highest BCUT2D eigenvalue weighted by Gasteiger charge is 2.09. The van der Waals surface area contributed by atoms with Crippen LogP contribution in [0, 0.1) is 0 Å². The fourth-order valence-corrected chi connectivity index (χ4v) is 3.49. The Morgan fingerprint density at radius 1 is 1.39 bits per heavy atom. The molecule has 1 aromatic heterocycles. The highest BCUT2D eigenvalue weighted by molar-refractivity contribution is 7.99. The molecule has 0 aliphatic rings. The van der Waals surface area contributed by atoms with E-state index in [1.165, 1.54) is 16.1 Å². The second kappa shape index (κ2) is 6.50. The quantitative estimate of drug-likeness (QED) is 0.712. The summed E-state index contributed by atoms with van der Waals surface area (Å²) in [5.41, 5.74) is 2.43. The van der Waals surface area contributed by atoms with E-state index in [2.05, 4.69) is 48.8 Å². The first-order chi connectivity index (χ1) is 8.70. The Bertz CT molecular complexity index is 510. The van der Waals surface area contributed by atoms with Crippen LogP contribution < -0.4 is 5.32 Å². The summed E-state index contributed by atoms with van der Waals surface area (Å²) in [5.74, 6) is 1.08. The van der Waals surface area contributed by atoms with Gasteiger partial charge in [0.05, 0.1) is 4.34 Å². The molecule has 0 saturated carbocycles. The summed E-state index contributed by atoms with van der Waals surface area (Å²) in [6, 6.07) is 10.7. The Labute approximate surface area is 122 Å². The highest BCUT2D eigenvalue weighted by Crippen LogP contribution is 2.31. The topological polar surface area (TPSA) is 12.0 Å². The number of nitrogens with one attached hydrogen (secondary N) is 1. The maximum Gasteiger partial charge on any atom is 0.0931 e. The van der Waals surface area contributed by atoms with Crippen molar-refractivity contribution in [3.8, 4) is 0 Å². The number of halogens is 1. The van der Waals surface area contributed by atoms with Crippen LogP contribution in [0.4, 0.5) is 5.69 Å². The molecule has 1 N–H and O–H groups in total. The Morgan fingerprint density at radius 3 is 2.83 bits per heavy atom. The van der Waals surface area contributed by atoms with Gasteiger partial charge < -0.3 is 5.32 Å². The zero-order valence-electron chi connectivity index (χ0n) is 10.4. The highest BCUT2D eigenvalue weighted by atomic mass is 35.5. The van der Waals surface area contributed by atoms with Crippen molar-refractivity contribution in [3.63, 3.8) is 0 Å². The maximum absolute atomic E-state index is 5.98. The number of anilines is 1. The maximum atomic E-state index is 5.98. The van der Waals surface area contributed by atoms with Crippen LogP contribution in [0.15, 0.2) is 40.6 Å². The van der Waals surface area contributed by atoms with E-state index in [1.54, 1.807) is 11.3 Å². The predicted octanol–water partition coefficient (Wildman–Crippen LogP) is 5.69. The van der Waals surface area contributed by atoms with E-state index < -0.39 is 0 Å². The van der Waals surface area contributed by atoms with Gasteiger partial charge in [-0.25, -0.2) is 0 Å². The van der Waals surface area contributed by atoms with Gasteiger partial charge in [-0.2, -0.15) is 0 Å². The molecule has 0 aliphatic carbocycles. The van der Waals surface area contributed by atoms with Crippen LogP contribution in [0.25, 0.3) is 0 Å². The van der Waals surface area contributed by atoms with Crippen molar-refractivity contribution in [1.29, 1.82) is 0 Å². The summed E-state index contributed by atoms with van der Waals surface area (Å²) in [5, 5.41) is 5.66. The lowest BCUT2D eigenvalue weighted by atomic mass is 10.1. The first-order valence-electron chi connectivity index (χ1n) is 5.93. The SMILES string of the molecule is CCSc1ccccc1NC(C)c1csc(Cl)c1. The average Bonchev–Trinajstić information content (AvgIpc) is 2.79. The Balaban J connectivity index is 2.13. The number of rotatable bonds is 5. The van der Waals surface area contributed by atoms with E-state index >= 15 is 0 Å². The van der Waals surface area contributed by atoms with Crippen LogP contribution in [0.2, 0.25) is 4.34 Å². The summed E-state index contributed by atoms with van der Waals surface area (Å²) in [4.78, 5) is 1.30. The number of para-hydroxylation sites is 1. The fourth-order valence-electron chi connectivity index (χ4n) is 1.73. The van der Waals surface area contributed by atoms with E-state index in [-0.39, 0.29) is 6.04 Å². The summed E-state index contributed by atoms with van der Waals surface area (Å²) in [6.07, 6.45) is 0. The van der Waals surface area contributed by atoms with Gasteiger partial charge in [0.1, 0.15) is 0 Å². The smallest absolute Gasteiger partial charge is 0.0931 e. The molecule has 0 bridgehead atoms. The fraction of sp³-hybridized carbons (Fsp3) is 0.286. The molecule has 1 heterocycles. The number of benzene rings is 1. The first-order valence-corrected chi connectivity index (χ1v) is 8.17. The minimum absolute atomic E-state index is 0.271. The Morgan fingerprint density at radius 2 is 2.17 bits per heavy atom. The van der Waals surface area contributed by atoms with Crippen molar-refractivity contribution in [2.75, 3.05) is 11.1 Å². The minimum Gasteiger partial charge on any atom is -0.378 e. The lowest BCUT2D eigenvalue weighted by Gasteiger charge is -2.16. The molecular formula is C14H16ClNS2. The summed E-state index contributed by atoms with van der Waals surface area (Å²) < 4.78 is 0.842. The van der Waals surface area contributed by atoms with Crippen molar-refractivity contribution in [1.82, 2.24) is 0 Å². The third-order valence-corrected chi connectivity index (χ3v) is 4.71. The van der Waals surface area contributed by atoms with E-state index in [9.17, 15) is 0 Å². The van der Waals surface area contributed by atoms with Crippen molar-refractivity contribution in [2.45, 2.75) is 24.8 Å². The molecule has 0 radical (unpaired) electrons. The molecule has 0 saturated heterocycles. The lowest BCUT2D eigenvalue weighted by molar-refractivity contribution is 0.885. The van der Waals surface area contributed by atoms with Crippen molar-refractivity contribution in [3.05, 3.63) is 45.6 Å². The van der Waals surface area contributed by atoms with Gasteiger partial charge in [-0.15, -0.1) is 23.1 Å². The number of thioether (sulfide) groups is 1. The van der Waals surface area contributed by atoms with Crippen LogP contribution in [0.5, 0.6) is 0 Å². The van der Waals surface area contributed by atoms with Gasteiger partial charge in [-0.05, 0) is 41.8 Å². The molecule has 1 aromatic carbocycles. The van der Waals surface area contributed by atoms with Gasteiger partial charge in [0, 0.05) is 16.6 Å². The van der Waals surface area contributed by atoms with Crippen LogP contribution >= 0.6 is 34.7 Å². The molecule has 0 amide bonds. The lowest BCUT2D eigenvalue weighted by Crippen LogP contribution is -2.06. The molecule has 96 valence electrons. The number of hydrogen-bond acceptors (Lipinski definition) is 3. The number of hydrogen-bond donors (Lipinski definition) is 1. The minimum atomic E-state index is 0.271. The third kappa shape index (κ3) is 3.44. The van der Waals surface area contributed by atoms with Gasteiger partial charge >= 0.3 is 0 Å². The molecule has 0 spiro atoms. The zero-order valence-corrected chi connectivity index (χ0v) is 12.8. The van der Waals surface area contributed by atoms with E-state index in [1.807, 2.05) is 17.8 Å². The van der Waals surface area contributed by atoms with E-state index in [0.717, 1.165) is 10.1 Å². The van der Waals surface area contributed by atoms with Gasteiger partial charge in [-0.1, -0.05) is 30.7 Å². The molecule has 2 rings (SSSR count). The third-order valence-electron chi connectivity index (χ3n) is 2.65. The van der Waals surface area contributed by atoms with Crippen LogP contribution in [-0.4, -0.2) is 5.75 Å². The first kappa shape index (κ1) is 13.8. The van der Waals surface area contributed by atoms with Crippen molar-refractivity contribution >= 4 is 40.4 Å². The summed E-state index contributed by atoms with van der Waals surface area (Å²) in [7, 11) is 0. The van der Waals surface area contributed by atoms with Gasteiger partial charge in [0.25, 0.3) is 0 Å². The Kier molecular flexibility index (Phi) is 4.98. The van der Waals surface area contributed by atoms with Gasteiger partial charge in [0.2, 0.25) is 0 Å². The molecular weight excluding hydrogens is 282 g/mol. The van der Waals surface area contributed by atoms with Crippen LogP contribution in [0.1, 0.15) is 25.5 Å². The average molecular weight is 298 g/mol. The van der Waals surface area contributed by atoms with Gasteiger partial charge in [-0.3, -0.25) is 0 Å². The standard InChI is InChI=1S/C14H16ClNS2/c1-3-17-13-7-5-4-6-12(13)16-10(2)11-8-14(15)18-9-11/h4-10,16H,3H2,1-2H3. The molecule has 2 aromatic rings. The van der Waals surface area contributed by atoms with Crippen LogP contribution in [0.3, 0.4) is 0 Å².